The number of aromatic nitrogens is 2. The summed E-state index contributed by atoms with van der Waals surface area (Å²) in [5, 5.41) is 8.77. The number of aliphatic carboxylic acids is 1. The number of hydrogen-bond acceptors (Lipinski definition) is 2. The number of imidazole rings is 1. The average Bonchev–Trinajstić information content (AvgIpc) is 2.58. The number of carbonyl (C=O) groups is 1. The molecule has 8 heteroatoms. The second-order valence-corrected chi connectivity index (χ2v) is 3.77. The fraction of sp³-hybridized carbons (Fsp3) is 0.556. The van der Waals surface area contributed by atoms with E-state index in [1.54, 1.807) is 0 Å². The SMILES string of the molecule is Cl.O=C(O)C1CCc2nc(C(F)(F)F)cn2C1. The van der Waals surface area contributed by atoms with Crippen molar-refractivity contribution in [2.45, 2.75) is 25.6 Å². The fourth-order valence-electron chi connectivity index (χ4n) is 1.78. The average molecular weight is 271 g/mol. The van der Waals surface area contributed by atoms with Crippen molar-refractivity contribution in [1.82, 2.24) is 9.55 Å². The second kappa shape index (κ2) is 4.56. The largest absolute Gasteiger partial charge is 0.481 e. The van der Waals surface area contributed by atoms with E-state index in [-0.39, 0.29) is 25.4 Å². The second-order valence-electron chi connectivity index (χ2n) is 3.77. The molecule has 0 bridgehead atoms. The highest BCUT2D eigenvalue weighted by atomic mass is 35.5. The van der Waals surface area contributed by atoms with Crippen molar-refractivity contribution < 1.29 is 23.1 Å². The van der Waals surface area contributed by atoms with Gasteiger partial charge in [-0.3, -0.25) is 4.79 Å². The van der Waals surface area contributed by atoms with E-state index in [4.69, 9.17) is 5.11 Å². The Balaban J connectivity index is 0.00000144. The number of aryl methyl sites for hydroxylation is 1. The van der Waals surface area contributed by atoms with E-state index in [0.29, 0.717) is 12.2 Å². The molecule has 0 saturated heterocycles. The van der Waals surface area contributed by atoms with E-state index in [9.17, 15) is 18.0 Å². The molecular formula is C9H10ClF3N2O2. The number of alkyl halides is 3. The normalized spacial score (nSPS) is 19.4. The van der Waals surface area contributed by atoms with E-state index in [2.05, 4.69) is 4.98 Å². The molecule has 2 rings (SSSR count). The standard InChI is InChI=1S/C9H9F3N2O2.ClH/c10-9(11,12)6-4-14-3-5(8(15)16)1-2-7(14)13-6;/h4-5H,1-3H2,(H,15,16);1H. The molecule has 0 amide bonds. The molecule has 1 aromatic heterocycles. The zero-order chi connectivity index (χ0) is 11.9. The molecular weight excluding hydrogens is 261 g/mol. The summed E-state index contributed by atoms with van der Waals surface area (Å²) in [5.41, 5.74) is -0.950. The predicted molar refractivity (Wildman–Crippen MR) is 53.9 cm³/mol. The quantitative estimate of drug-likeness (QED) is 0.849. The first-order chi connectivity index (χ1) is 7.38. The van der Waals surface area contributed by atoms with Gasteiger partial charge in [0.15, 0.2) is 5.69 Å². The van der Waals surface area contributed by atoms with Crippen LogP contribution in [0.15, 0.2) is 6.20 Å². The molecule has 17 heavy (non-hydrogen) atoms. The molecule has 0 radical (unpaired) electrons. The highest BCUT2D eigenvalue weighted by Gasteiger charge is 2.36. The third-order valence-electron chi connectivity index (χ3n) is 2.63. The first-order valence-corrected chi connectivity index (χ1v) is 4.74. The molecule has 96 valence electrons. The Morgan fingerprint density at radius 3 is 2.71 bits per heavy atom. The molecule has 1 N–H and O–H groups in total. The molecule has 1 unspecified atom stereocenters. The topological polar surface area (TPSA) is 55.1 Å². The van der Waals surface area contributed by atoms with Gasteiger partial charge in [0, 0.05) is 19.2 Å². The van der Waals surface area contributed by atoms with E-state index >= 15 is 0 Å². The van der Waals surface area contributed by atoms with Crippen molar-refractivity contribution in [3.63, 3.8) is 0 Å². The summed E-state index contributed by atoms with van der Waals surface area (Å²) in [7, 11) is 0. The lowest BCUT2D eigenvalue weighted by Crippen LogP contribution is -2.26. The van der Waals surface area contributed by atoms with Crippen molar-refractivity contribution in [2.75, 3.05) is 0 Å². The molecule has 1 aliphatic heterocycles. The monoisotopic (exact) mass is 270 g/mol. The van der Waals surface area contributed by atoms with E-state index in [1.807, 2.05) is 0 Å². The highest BCUT2D eigenvalue weighted by molar-refractivity contribution is 5.85. The lowest BCUT2D eigenvalue weighted by molar-refractivity contribution is -0.142. The van der Waals surface area contributed by atoms with Gasteiger partial charge in [-0.1, -0.05) is 0 Å². The van der Waals surface area contributed by atoms with Crippen LogP contribution in [0.5, 0.6) is 0 Å². The third-order valence-corrected chi connectivity index (χ3v) is 2.63. The van der Waals surface area contributed by atoms with Crippen LogP contribution in [0.2, 0.25) is 0 Å². The van der Waals surface area contributed by atoms with Crippen LogP contribution >= 0.6 is 12.4 Å². The zero-order valence-corrected chi connectivity index (χ0v) is 9.38. The molecule has 0 aliphatic carbocycles. The summed E-state index contributed by atoms with van der Waals surface area (Å²) in [6, 6.07) is 0. The van der Waals surface area contributed by atoms with Gasteiger partial charge in [-0.2, -0.15) is 13.2 Å². The molecule has 4 nitrogen and oxygen atoms in total. The van der Waals surface area contributed by atoms with Gasteiger partial charge < -0.3 is 9.67 Å². The van der Waals surface area contributed by atoms with Crippen molar-refractivity contribution in [3.8, 4) is 0 Å². The van der Waals surface area contributed by atoms with Crippen molar-refractivity contribution >= 4 is 18.4 Å². The van der Waals surface area contributed by atoms with Crippen molar-refractivity contribution in [3.05, 3.63) is 17.7 Å². The predicted octanol–water partition coefficient (Wildman–Crippen LogP) is 1.97. The minimum Gasteiger partial charge on any atom is -0.481 e. The van der Waals surface area contributed by atoms with Gasteiger partial charge in [-0.25, -0.2) is 4.98 Å². The zero-order valence-electron chi connectivity index (χ0n) is 8.57. The van der Waals surface area contributed by atoms with Crippen molar-refractivity contribution in [1.29, 1.82) is 0 Å². The van der Waals surface area contributed by atoms with E-state index in [0.717, 1.165) is 6.20 Å². The van der Waals surface area contributed by atoms with Crippen LogP contribution in [0.3, 0.4) is 0 Å². The van der Waals surface area contributed by atoms with Crippen LogP contribution in [0.25, 0.3) is 0 Å². The lowest BCUT2D eigenvalue weighted by Gasteiger charge is -2.19. The molecule has 1 aliphatic rings. The molecule has 0 aromatic carbocycles. The number of carboxylic acid groups (broad SMARTS) is 1. The van der Waals surface area contributed by atoms with Crippen LogP contribution in [-0.4, -0.2) is 20.6 Å². The Morgan fingerprint density at radius 2 is 2.18 bits per heavy atom. The Bertz CT molecular complexity index is 430. The number of halogens is 4. The van der Waals surface area contributed by atoms with Gasteiger partial charge in [0.25, 0.3) is 0 Å². The Hall–Kier alpha value is -1.24. The smallest absolute Gasteiger partial charge is 0.434 e. The number of nitrogens with zero attached hydrogens (tertiary/aromatic N) is 2. The summed E-state index contributed by atoms with van der Waals surface area (Å²) in [6.45, 7) is 0.0632. The van der Waals surface area contributed by atoms with Gasteiger partial charge in [-0.15, -0.1) is 12.4 Å². The minimum atomic E-state index is -4.47. The summed E-state index contributed by atoms with van der Waals surface area (Å²) in [4.78, 5) is 14.2. The van der Waals surface area contributed by atoms with Crippen LogP contribution in [0, 0.1) is 5.92 Å². The maximum Gasteiger partial charge on any atom is 0.434 e. The summed E-state index contributed by atoms with van der Waals surface area (Å²) >= 11 is 0. The minimum absolute atomic E-state index is 0. The molecule has 0 spiro atoms. The molecule has 1 aromatic rings. The fourth-order valence-corrected chi connectivity index (χ4v) is 1.78. The third kappa shape index (κ3) is 2.71. The molecule has 0 saturated carbocycles. The number of hydrogen-bond donors (Lipinski definition) is 1. The maximum absolute atomic E-state index is 12.3. The van der Waals surface area contributed by atoms with Gasteiger partial charge >= 0.3 is 12.1 Å². The van der Waals surface area contributed by atoms with Gasteiger partial charge in [0.2, 0.25) is 0 Å². The Morgan fingerprint density at radius 1 is 1.53 bits per heavy atom. The Kier molecular flexibility index (Phi) is 3.71. The first kappa shape index (κ1) is 13.8. The maximum atomic E-state index is 12.3. The van der Waals surface area contributed by atoms with Gasteiger partial charge in [0.05, 0.1) is 5.92 Å². The summed E-state index contributed by atoms with van der Waals surface area (Å²) in [5.74, 6) is -1.29. The van der Waals surface area contributed by atoms with Crippen LogP contribution in [-0.2, 0) is 23.9 Å². The number of fused-ring (bicyclic) bond motifs is 1. The Labute approximate surface area is 101 Å². The number of carboxylic acids is 1. The molecule has 2 heterocycles. The summed E-state index contributed by atoms with van der Waals surface area (Å²) < 4.78 is 38.3. The number of rotatable bonds is 1. The van der Waals surface area contributed by atoms with Crippen LogP contribution in [0.1, 0.15) is 17.9 Å². The molecule has 0 fully saturated rings. The van der Waals surface area contributed by atoms with Gasteiger partial charge in [-0.05, 0) is 6.42 Å². The van der Waals surface area contributed by atoms with Crippen LogP contribution < -0.4 is 0 Å². The van der Waals surface area contributed by atoms with Crippen LogP contribution in [0.4, 0.5) is 13.2 Å². The van der Waals surface area contributed by atoms with E-state index < -0.39 is 23.8 Å². The first-order valence-electron chi connectivity index (χ1n) is 4.74. The van der Waals surface area contributed by atoms with Gasteiger partial charge in [0.1, 0.15) is 5.82 Å². The van der Waals surface area contributed by atoms with Crippen molar-refractivity contribution in [2.24, 2.45) is 5.92 Å². The summed E-state index contributed by atoms with van der Waals surface area (Å²) in [6.07, 6.45) is -2.98. The molecule has 1 atom stereocenters. The van der Waals surface area contributed by atoms with E-state index in [1.165, 1.54) is 4.57 Å². The highest BCUT2D eigenvalue weighted by Crippen LogP contribution is 2.30. The lowest BCUT2D eigenvalue weighted by atomic mass is 10.00.